The van der Waals surface area contributed by atoms with Gasteiger partial charge in [-0.1, -0.05) is 13.8 Å². The molecule has 1 unspecified atom stereocenters. The van der Waals surface area contributed by atoms with Gasteiger partial charge in [0.25, 0.3) is 0 Å². The van der Waals surface area contributed by atoms with Gasteiger partial charge in [-0.15, -0.1) is 0 Å². The van der Waals surface area contributed by atoms with Crippen molar-refractivity contribution in [3.05, 3.63) is 24.2 Å². The normalized spacial score (nSPS) is 12.0. The SMILES string of the molecule is CC(CCc1ccco1)NC(=O)NCCNC(=O)C(C)C. The Labute approximate surface area is 125 Å². The number of hydrogen-bond acceptors (Lipinski definition) is 3. The summed E-state index contributed by atoms with van der Waals surface area (Å²) in [4.78, 5) is 22.9. The summed E-state index contributed by atoms with van der Waals surface area (Å²) < 4.78 is 5.24. The van der Waals surface area contributed by atoms with E-state index in [1.54, 1.807) is 6.26 Å². The van der Waals surface area contributed by atoms with Gasteiger partial charge in [0.05, 0.1) is 6.26 Å². The fraction of sp³-hybridized carbons (Fsp3) is 0.600. The highest BCUT2D eigenvalue weighted by Gasteiger charge is 2.08. The van der Waals surface area contributed by atoms with Crippen LogP contribution < -0.4 is 16.0 Å². The Morgan fingerprint density at radius 3 is 2.52 bits per heavy atom. The number of carbonyl (C=O) groups is 2. The van der Waals surface area contributed by atoms with E-state index in [0.717, 1.165) is 18.6 Å². The molecule has 6 heteroatoms. The van der Waals surface area contributed by atoms with Crippen molar-refractivity contribution in [3.8, 4) is 0 Å². The van der Waals surface area contributed by atoms with Crippen molar-refractivity contribution < 1.29 is 14.0 Å². The smallest absolute Gasteiger partial charge is 0.315 e. The molecule has 0 aromatic carbocycles. The van der Waals surface area contributed by atoms with Crippen LogP contribution in [0.4, 0.5) is 4.79 Å². The van der Waals surface area contributed by atoms with E-state index in [2.05, 4.69) is 16.0 Å². The molecular formula is C15H25N3O3. The highest BCUT2D eigenvalue weighted by atomic mass is 16.3. The van der Waals surface area contributed by atoms with E-state index in [9.17, 15) is 9.59 Å². The van der Waals surface area contributed by atoms with E-state index in [4.69, 9.17) is 4.42 Å². The third-order valence-corrected chi connectivity index (χ3v) is 3.02. The van der Waals surface area contributed by atoms with Gasteiger partial charge in [-0.3, -0.25) is 4.79 Å². The number of urea groups is 1. The number of furan rings is 1. The molecular weight excluding hydrogens is 270 g/mol. The Morgan fingerprint density at radius 1 is 1.19 bits per heavy atom. The minimum atomic E-state index is -0.222. The molecule has 0 saturated carbocycles. The molecule has 1 atom stereocenters. The van der Waals surface area contributed by atoms with Gasteiger partial charge in [0.1, 0.15) is 5.76 Å². The topological polar surface area (TPSA) is 83.4 Å². The van der Waals surface area contributed by atoms with Gasteiger partial charge in [-0.05, 0) is 25.5 Å². The van der Waals surface area contributed by atoms with E-state index >= 15 is 0 Å². The molecule has 21 heavy (non-hydrogen) atoms. The van der Waals surface area contributed by atoms with Gasteiger partial charge in [-0.25, -0.2) is 4.79 Å². The summed E-state index contributed by atoms with van der Waals surface area (Å²) in [6.45, 7) is 6.45. The van der Waals surface area contributed by atoms with Gasteiger partial charge in [-0.2, -0.15) is 0 Å². The average molecular weight is 295 g/mol. The lowest BCUT2D eigenvalue weighted by molar-refractivity contribution is -0.123. The number of rotatable bonds is 8. The lowest BCUT2D eigenvalue weighted by Crippen LogP contribution is -2.44. The van der Waals surface area contributed by atoms with Crippen molar-refractivity contribution in [1.29, 1.82) is 0 Å². The molecule has 0 bridgehead atoms. The van der Waals surface area contributed by atoms with E-state index in [-0.39, 0.29) is 23.9 Å². The van der Waals surface area contributed by atoms with Crippen LogP contribution in [0.2, 0.25) is 0 Å². The summed E-state index contributed by atoms with van der Waals surface area (Å²) in [6, 6.07) is 3.61. The molecule has 0 spiro atoms. The zero-order valence-electron chi connectivity index (χ0n) is 12.9. The maximum absolute atomic E-state index is 11.6. The molecule has 0 aliphatic rings. The number of carbonyl (C=O) groups excluding carboxylic acids is 2. The van der Waals surface area contributed by atoms with Crippen LogP contribution in [0.25, 0.3) is 0 Å². The highest BCUT2D eigenvalue weighted by Crippen LogP contribution is 2.05. The summed E-state index contributed by atoms with van der Waals surface area (Å²) in [5.41, 5.74) is 0. The maximum Gasteiger partial charge on any atom is 0.315 e. The highest BCUT2D eigenvalue weighted by molar-refractivity contribution is 5.78. The standard InChI is InChI=1S/C15H25N3O3/c1-11(2)14(19)16-8-9-17-15(20)18-12(3)6-7-13-5-4-10-21-13/h4-5,10-12H,6-9H2,1-3H3,(H,16,19)(H2,17,18,20). The van der Waals surface area contributed by atoms with E-state index < -0.39 is 0 Å². The molecule has 1 aromatic heterocycles. The fourth-order valence-corrected chi connectivity index (χ4v) is 1.73. The maximum atomic E-state index is 11.6. The van der Waals surface area contributed by atoms with Crippen molar-refractivity contribution in [2.75, 3.05) is 13.1 Å². The zero-order valence-corrected chi connectivity index (χ0v) is 12.9. The van der Waals surface area contributed by atoms with Crippen LogP contribution in [-0.2, 0) is 11.2 Å². The van der Waals surface area contributed by atoms with Crippen LogP contribution in [0.5, 0.6) is 0 Å². The van der Waals surface area contributed by atoms with Gasteiger partial charge in [0.2, 0.25) is 5.91 Å². The second-order valence-electron chi connectivity index (χ2n) is 5.37. The lowest BCUT2D eigenvalue weighted by atomic mass is 10.1. The first-order chi connectivity index (χ1) is 9.99. The number of nitrogens with one attached hydrogen (secondary N) is 3. The molecule has 1 aromatic rings. The average Bonchev–Trinajstić information content (AvgIpc) is 2.94. The first-order valence-electron chi connectivity index (χ1n) is 7.33. The van der Waals surface area contributed by atoms with Gasteiger partial charge >= 0.3 is 6.03 Å². The Bertz CT molecular complexity index is 429. The van der Waals surface area contributed by atoms with Crippen molar-refractivity contribution in [2.45, 2.75) is 39.7 Å². The predicted octanol–water partition coefficient (Wildman–Crippen LogP) is 1.67. The number of amides is 3. The van der Waals surface area contributed by atoms with Crippen LogP contribution in [0.15, 0.2) is 22.8 Å². The van der Waals surface area contributed by atoms with Crippen LogP contribution in [-0.4, -0.2) is 31.1 Å². The summed E-state index contributed by atoms with van der Waals surface area (Å²) >= 11 is 0. The second kappa shape index (κ2) is 9.05. The van der Waals surface area contributed by atoms with Gasteiger partial charge < -0.3 is 20.4 Å². The van der Waals surface area contributed by atoms with E-state index in [1.165, 1.54) is 0 Å². The minimum absolute atomic E-state index is 0.0102. The van der Waals surface area contributed by atoms with Crippen molar-refractivity contribution >= 4 is 11.9 Å². The van der Waals surface area contributed by atoms with Crippen molar-refractivity contribution in [2.24, 2.45) is 5.92 Å². The molecule has 0 saturated heterocycles. The zero-order chi connectivity index (χ0) is 15.7. The van der Waals surface area contributed by atoms with Crippen molar-refractivity contribution in [1.82, 2.24) is 16.0 Å². The molecule has 118 valence electrons. The molecule has 3 amide bonds. The van der Waals surface area contributed by atoms with Gasteiger partial charge in [0, 0.05) is 31.5 Å². The molecule has 0 fully saturated rings. The third kappa shape index (κ3) is 7.39. The number of hydrogen-bond donors (Lipinski definition) is 3. The Balaban J connectivity index is 2.08. The minimum Gasteiger partial charge on any atom is -0.469 e. The molecule has 0 aliphatic heterocycles. The van der Waals surface area contributed by atoms with Crippen LogP contribution in [0, 0.1) is 5.92 Å². The second-order valence-corrected chi connectivity index (χ2v) is 5.37. The quantitative estimate of drug-likeness (QED) is 0.638. The summed E-state index contributed by atoms with van der Waals surface area (Å²) in [5, 5.41) is 8.30. The predicted molar refractivity (Wildman–Crippen MR) is 80.9 cm³/mol. The molecule has 0 aliphatic carbocycles. The molecule has 1 rings (SSSR count). The lowest BCUT2D eigenvalue weighted by Gasteiger charge is -2.14. The Morgan fingerprint density at radius 2 is 1.90 bits per heavy atom. The number of aryl methyl sites for hydroxylation is 1. The fourth-order valence-electron chi connectivity index (χ4n) is 1.73. The van der Waals surface area contributed by atoms with Gasteiger partial charge in [0.15, 0.2) is 0 Å². The molecule has 6 nitrogen and oxygen atoms in total. The summed E-state index contributed by atoms with van der Waals surface area (Å²) in [5.74, 6) is 0.866. The third-order valence-electron chi connectivity index (χ3n) is 3.02. The van der Waals surface area contributed by atoms with Crippen LogP contribution in [0.1, 0.15) is 33.0 Å². The Kier molecular flexibility index (Phi) is 7.36. The van der Waals surface area contributed by atoms with E-state index in [1.807, 2.05) is 32.9 Å². The van der Waals surface area contributed by atoms with E-state index in [0.29, 0.717) is 13.1 Å². The summed E-state index contributed by atoms with van der Waals surface area (Å²) in [7, 11) is 0. The molecule has 1 heterocycles. The molecule has 0 radical (unpaired) electrons. The summed E-state index contributed by atoms with van der Waals surface area (Å²) in [6.07, 6.45) is 3.25. The first kappa shape index (κ1) is 17.1. The first-order valence-corrected chi connectivity index (χ1v) is 7.33. The monoisotopic (exact) mass is 295 g/mol. The van der Waals surface area contributed by atoms with Crippen LogP contribution >= 0.6 is 0 Å². The van der Waals surface area contributed by atoms with Crippen LogP contribution in [0.3, 0.4) is 0 Å². The largest absolute Gasteiger partial charge is 0.469 e. The Hall–Kier alpha value is -1.98. The van der Waals surface area contributed by atoms with Crippen molar-refractivity contribution in [3.63, 3.8) is 0 Å². The molecule has 3 N–H and O–H groups in total.